The highest BCUT2D eigenvalue weighted by molar-refractivity contribution is 5.91. The van der Waals surface area contributed by atoms with Crippen LogP contribution in [0.1, 0.15) is 90.3 Å². The lowest BCUT2D eigenvalue weighted by Crippen LogP contribution is -2.48. The van der Waals surface area contributed by atoms with Gasteiger partial charge in [0.25, 0.3) is 0 Å². The number of hydrogen-bond acceptors (Lipinski definition) is 5. The summed E-state index contributed by atoms with van der Waals surface area (Å²) in [6, 6.07) is 4.17. The average Bonchev–Trinajstić information content (AvgIpc) is 2.76. The summed E-state index contributed by atoms with van der Waals surface area (Å²) < 4.78 is 5.23. The standard InChI is InChI=1S/C26H43N3O5/c1-7-9-11-16-27-24(32)22(20-15-13-14-19(3)23(20)31)29(17-12-10-8-2)21(30)18-28-25(33)34-26(4,5)6/h13-15,22,31H,7-12,16-18H2,1-6H3,(H,27,32)(H,28,33). The molecule has 0 saturated carbocycles. The minimum Gasteiger partial charge on any atom is -0.507 e. The van der Waals surface area contributed by atoms with Crippen LogP contribution in [-0.2, 0) is 14.3 Å². The fourth-order valence-corrected chi connectivity index (χ4v) is 3.53. The maximum absolute atomic E-state index is 13.3. The third-order valence-corrected chi connectivity index (χ3v) is 5.31. The van der Waals surface area contributed by atoms with E-state index in [0.717, 1.165) is 32.1 Å². The van der Waals surface area contributed by atoms with Gasteiger partial charge in [0.15, 0.2) is 0 Å². The Labute approximate surface area is 204 Å². The van der Waals surface area contributed by atoms with E-state index in [4.69, 9.17) is 4.74 Å². The van der Waals surface area contributed by atoms with E-state index in [-0.39, 0.29) is 18.2 Å². The van der Waals surface area contributed by atoms with E-state index in [1.54, 1.807) is 45.9 Å². The van der Waals surface area contributed by atoms with Crippen molar-refractivity contribution in [3.8, 4) is 5.75 Å². The first-order chi connectivity index (χ1) is 16.0. The fourth-order valence-electron chi connectivity index (χ4n) is 3.53. The average molecular weight is 478 g/mol. The Balaban J connectivity index is 3.21. The molecule has 192 valence electrons. The van der Waals surface area contributed by atoms with Crippen molar-refractivity contribution in [3.63, 3.8) is 0 Å². The number of ether oxygens (including phenoxy) is 1. The van der Waals surface area contributed by atoms with E-state index in [1.165, 1.54) is 4.90 Å². The second kappa shape index (κ2) is 14.5. The lowest BCUT2D eigenvalue weighted by Gasteiger charge is -2.32. The molecular weight excluding hydrogens is 434 g/mol. The van der Waals surface area contributed by atoms with Gasteiger partial charge in [-0.3, -0.25) is 9.59 Å². The Bertz CT molecular complexity index is 804. The molecule has 8 heteroatoms. The smallest absolute Gasteiger partial charge is 0.408 e. The number of hydrogen-bond donors (Lipinski definition) is 3. The number of phenolic OH excluding ortho intramolecular Hbond substituents is 1. The molecule has 0 aliphatic heterocycles. The maximum atomic E-state index is 13.3. The van der Waals surface area contributed by atoms with Crippen LogP contribution in [-0.4, -0.2) is 53.1 Å². The maximum Gasteiger partial charge on any atom is 0.408 e. The van der Waals surface area contributed by atoms with E-state index in [9.17, 15) is 19.5 Å². The molecule has 1 unspecified atom stereocenters. The molecule has 1 atom stereocenters. The number of para-hydroxylation sites is 1. The third kappa shape index (κ3) is 10.0. The molecule has 0 bridgehead atoms. The Morgan fingerprint density at radius 1 is 1.03 bits per heavy atom. The predicted octanol–water partition coefficient (Wildman–Crippen LogP) is 4.59. The first-order valence-electron chi connectivity index (χ1n) is 12.3. The highest BCUT2D eigenvalue weighted by Crippen LogP contribution is 2.32. The Morgan fingerprint density at radius 3 is 2.29 bits per heavy atom. The molecule has 0 fully saturated rings. The molecule has 0 aromatic heterocycles. The number of nitrogens with zero attached hydrogens (tertiary/aromatic N) is 1. The van der Waals surface area contributed by atoms with E-state index < -0.39 is 23.6 Å². The summed E-state index contributed by atoms with van der Waals surface area (Å²) >= 11 is 0. The van der Waals surface area contributed by atoms with Crippen molar-refractivity contribution in [2.75, 3.05) is 19.6 Å². The normalized spacial score (nSPS) is 12.1. The quantitative estimate of drug-likeness (QED) is 0.360. The summed E-state index contributed by atoms with van der Waals surface area (Å²) in [5.41, 5.74) is 0.298. The molecule has 3 N–H and O–H groups in total. The van der Waals surface area contributed by atoms with Crippen molar-refractivity contribution < 1.29 is 24.2 Å². The first-order valence-corrected chi connectivity index (χ1v) is 12.3. The number of nitrogens with one attached hydrogen (secondary N) is 2. The number of unbranched alkanes of at least 4 members (excludes halogenated alkanes) is 4. The molecule has 0 aliphatic rings. The highest BCUT2D eigenvalue weighted by Gasteiger charge is 2.33. The van der Waals surface area contributed by atoms with Gasteiger partial charge in [0.05, 0.1) is 0 Å². The summed E-state index contributed by atoms with van der Waals surface area (Å²) in [5.74, 6) is -0.778. The van der Waals surface area contributed by atoms with Gasteiger partial charge in [-0.2, -0.15) is 0 Å². The fraction of sp³-hybridized carbons (Fsp3) is 0.654. The zero-order valence-electron chi connectivity index (χ0n) is 21.7. The van der Waals surface area contributed by atoms with Crippen LogP contribution in [0, 0.1) is 6.92 Å². The van der Waals surface area contributed by atoms with Gasteiger partial charge in [0, 0.05) is 18.7 Å². The van der Waals surface area contributed by atoms with Crippen LogP contribution in [0.25, 0.3) is 0 Å². The second-order valence-electron chi connectivity index (χ2n) is 9.56. The molecule has 0 spiro atoms. The van der Waals surface area contributed by atoms with Crippen molar-refractivity contribution in [2.24, 2.45) is 0 Å². The summed E-state index contributed by atoms with van der Waals surface area (Å²) in [4.78, 5) is 40.2. The summed E-state index contributed by atoms with van der Waals surface area (Å²) in [7, 11) is 0. The van der Waals surface area contributed by atoms with Crippen LogP contribution in [0.15, 0.2) is 18.2 Å². The zero-order chi connectivity index (χ0) is 25.7. The van der Waals surface area contributed by atoms with Gasteiger partial charge in [-0.1, -0.05) is 57.7 Å². The number of carbonyl (C=O) groups is 3. The van der Waals surface area contributed by atoms with E-state index >= 15 is 0 Å². The molecule has 3 amide bonds. The van der Waals surface area contributed by atoms with Gasteiger partial charge >= 0.3 is 6.09 Å². The number of alkyl carbamates (subject to hydrolysis) is 1. The lowest BCUT2D eigenvalue weighted by atomic mass is 9.99. The molecule has 0 saturated heterocycles. The van der Waals surface area contributed by atoms with Crippen LogP contribution >= 0.6 is 0 Å². The highest BCUT2D eigenvalue weighted by atomic mass is 16.6. The second-order valence-corrected chi connectivity index (χ2v) is 9.56. The monoisotopic (exact) mass is 477 g/mol. The Morgan fingerprint density at radius 2 is 1.68 bits per heavy atom. The summed E-state index contributed by atoms with van der Waals surface area (Å²) in [5, 5.41) is 16.2. The molecule has 0 heterocycles. The topological polar surface area (TPSA) is 108 Å². The van der Waals surface area contributed by atoms with Crippen molar-refractivity contribution in [1.29, 1.82) is 0 Å². The number of amides is 3. The number of benzene rings is 1. The molecule has 1 aromatic carbocycles. The third-order valence-electron chi connectivity index (χ3n) is 5.31. The SMILES string of the molecule is CCCCCNC(=O)C(c1cccc(C)c1O)N(CCCCC)C(=O)CNC(=O)OC(C)(C)C. The predicted molar refractivity (Wildman–Crippen MR) is 134 cm³/mol. The Kier molecular flexibility index (Phi) is 12.5. The van der Waals surface area contributed by atoms with E-state index in [1.807, 2.05) is 0 Å². The summed E-state index contributed by atoms with van der Waals surface area (Å²) in [6.07, 6.45) is 4.67. The lowest BCUT2D eigenvalue weighted by molar-refractivity contribution is -0.140. The Hall–Kier alpha value is -2.77. The van der Waals surface area contributed by atoms with Crippen molar-refractivity contribution in [2.45, 2.75) is 91.7 Å². The molecule has 0 radical (unpaired) electrons. The number of carbonyl (C=O) groups excluding carboxylic acids is 3. The van der Waals surface area contributed by atoms with Gasteiger partial charge < -0.3 is 25.4 Å². The van der Waals surface area contributed by atoms with Gasteiger partial charge in [0.2, 0.25) is 11.8 Å². The number of rotatable bonds is 13. The largest absolute Gasteiger partial charge is 0.507 e. The molecule has 8 nitrogen and oxygen atoms in total. The minimum absolute atomic E-state index is 0.00963. The van der Waals surface area contributed by atoms with Crippen LogP contribution in [0.5, 0.6) is 5.75 Å². The van der Waals surface area contributed by atoms with E-state index in [2.05, 4.69) is 24.5 Å². The van der Waals surface area contributed by atoms with Crippen molar-refractivity contribution in [3.05, 3.63) is 29.3 Å². The van der Waals surface area contributed by atoms with Crippen LogP contribution in [0.2, 0.25) is 0 Å². The molecule has 1 rings (SSSR count). The van der Waals surface area contributed by atoms with Gasteiger partial charge in [-0.25, -0.2) is 4.79 Å². The van der Waals surface area contributed by atoms with Crippen LogP contribution in [0.4, 0.5) is 4.79 Å². The van der Waals surface area contributed by atoms with Gasteiger partial charge in [-0.15, -0.1) is 0 Å². The van der Waals surface area contributed by atoms with Crippen LogP contribution in [0.3, 0.4) is 0 Å². The molecule has 0 aliphatic carbocycles. The zero-order valence-corrected chi connectivity index (χ0v) is 21.7. The number of aryl methyl sites for hydroxylation is 1. The molecule has 34 heavy (non-hydrogen) atoms. The van der Waals surface area contributed by atoms with Crippen molar-refractivity contribution >= 4 is 17.9 Å². The van der Waals surface area contributed by atoms with E-state index in [0.29, 0.717) is 30.6 Å². The van der Waals surface area contributed by atoms with Crippen LogP contribution < -0.4 is 10.6 Å². The summed E-state index contributed by atoms with van der Waals surface area (Å²) in [6.45, 7) is 11.6. The van der Waals surface area contributed by atoms with Gasteiger partial charge in [-0.05, 0) is 46.1 Å². The first kappa shape index (κ1) is 29.3. The minimum atomic E-state index is -1.01. The number of aromatic hydroxyl groups is 1. The number of phenols is 1. The molecule has 1 aromatic rings. The van der Waals surface area contributed by atoms with Gasteiger partial charge in [0.1, 0.15) is 23.9 Å². The van der Waals surface area contributed by atoms with Crippen molar-refractivity contribution in [1.82, 2.24) is 15.5 Å². The molecular formula is C26H43N3O5.